The molecule has 0 atom stereocenters. The molecule has 0 saturated heterocycles. The third kappa shape index (κ3) is 7.42. The summed E-state index contributed by atoms with van der Waals surface area (Å²) in [5.74, 6) is 1.60. The first-order valence-electron chi connectivity index (χ1n) is 13.3. The Hall–Kier alpha value is -4.30. The van der Waals surface area contributed by atoms with Gasteiger partial charge in [-0.15, -0.1) is 0 Å². The van der Waals surface area contributed by atoms with Crippen LogP contribution in [0.15, 0.2) is 83.5 Å². The molecule has 1 aromatic heterocycles. The van der Waals surface area contributed by atoms with E-state index in [0.29, 0.717) is 61.9 Å². The lowest BCUT2D eigenvalue weighted by atomic mass is 10.1. The molecule has 0 bridgehead atoms. The monoisotopic (exact) mass is 544 g/mol. The van der Waals surface area contributed by atoms with Gasteiger partial charge in [0.05, 0.1) is 27.0 Å². The molecule has 0 fully saturated rings. The highest BCUT2D eigenvalue weighted by Gasteiger charge is 2.23. The van der Waals surface area contributed by atoms with Gasteiger partial charge in [0.2, 0.25) is 5.91 Å². The maximum atomic E-state index is 13.7. The van der Waals surface area contributed by atoms with Gasteiger partial charge in [-0.2, -0.15) is 0 Å². The number of nitrogens with zero attached hydrogens (tertiary/aromatic N) is 2. The minimum Gasteiger partial charge on any atom is -0.493 e. The van der Waals surface area contributed by atoms with E-state index in [2.05, 4.69) is 0 Å². The van der Waals surface area contributed by atoms with Gasteiger partial charge >= 0.3 is 0 Å². The molecule has 0 saturated carbocycles. The molecule has 0 radical (unpaired) electrons. The maximum absolute atomic E-state index is 13.7. The van der Waals surface area contributed by atoms with Crippen molar-refractivity contribution in [1.29, 1.82) is 0 Å². The number of hydrogen-bond donors (Lipinski definition) is 0. The van der Waals surface area contributed by atoms with E-state index in [9.17, 15) is 9.59 Å². The number of benzene rings is 3. The lowest BCUT2D eigenvalue weighted by Crippen LogP contribution is -2.44. The van der Waals surface area contributed by atoms with Crippen molar-refractivity contribution >= 4 is 22.6 Å². The van der Waals surface area contributed by atoms with E-state index in [4.69, 9.17) is 18.6 Å². The second kappa shape index (κ2) is 14.2. The third-order valence-electron chi connectivity index (χ3n) is 6.78. The summed E-state index contributed by atoms with van der Waals surface area (Å²) in [4.78, 5) is 30.7. The first kappa shape index (κ1) is 28.7. The molecule has 0 aliphatic rings. The van der Waals surface area contributed by atoms with Crippen LogP contribution < -0.4 is 9.47 Å². The zero-order valence-corrected chi connectivity index (χ0v) is 23.3. The number of rotatable bonds is 14. The first-order valence-corrected chi connectivity index (χ1v) is 13.3. The number of fused-ring (bicyclic) bond motifs is 1. The van der Waals surface area contributed by atoms with E-state index in [1.165, 1.54) is 0 Å². The van der Waals surface area contributed by atoms with Gasteiger partial charge in [-0.05, 0) is 65.6 Å². The molecular formula is C32H36N2O6. The van der Waals surface area contributed by atoms with Gasteiger partial charge in [-0.1, -0.05) is 36.4 Å². The van der Waals surface area contributed by atoms with Crippen LogP contribution in [0.5, 0.6) is 11.5 Å². The average Bonchev–Trinajstić information content (AvgIpc) is 3.51. The Morgan fingerprint density at radius 1 is 0.800 bits per heavy atom. The summed E-state index contributed by atoms with van der Waals surface area (Å²) in [6, 6.07) is 22.9. The highest BCUT2D eigenvalue weighted by molar-refractivity contribution is 6.00. The predicted molar refractivity (Wildman–Crippen MR) is 154 cm³/mol. The highest BCUT2D eigenvalue weighted by Crippen LogP contribution is 2.28. The van der Waals surface area contributed by atoms with Crippen molar-refractivity contribution in [2.24, 2.45) is 0 Å². The second-order valence-corrected chi connectivity index (χ2v) is 9.47. The summed E-state index contributed by atoms with van der Waals surface area (Å²) >= 11 is 0. The van der Waals surface area contributed by atoms with Crippen molar-refractivity contribution in [2.75, 3.05) is 47.6 Å². The fraction of sp³-hybridized carbons (Fsp3) is 0.312. The third-order valence-corrected chi connectivity index (χ3v) is 6.78. The Balaban J connectivity index is 1.53. The van der Waals surface area contributed by atoms with Crippen LogP contribution in [0.3, 0.4) is 0 Å². The maximum Gasteiger partial charge on any atom is 0.254 e. The molecule has 8 nitrogen and oxygen atoms in total. The van der Waals surface area contributed by atoms with Gasteiger partial charge in [0, 0.05) is 32.4 Å². The van der Waals surface area contributed by atoms with Gasteiger partial charge in [0.1, 0.15) is 12.3 Å². The number of carbonyl (C=O) groups excluding carboxylic acids is 2. The summed E-state index contributed by atoms with van der Waals surface area (Å²) < 4.78 is 21.5. The topological polar surface area (TPSA) is 81.5 Å². The largest absolute Gasteiger partial charge is 0.493 e. The van der Waals surface area contributed by atoms with Crippen LogP contribution in [0, 0.1) is 0 Å². The molecule has 210 valence electrons. The number of carbonyl (C=O) groups is 2. The summed E-state index contributed by atoms with van der Waals surface area (Å²) in [6.07, 6.45) is 2.80. The van der Waals surface area contributed by atoms with E-state index in [1.807, 2.05) is 66.7 Å². The molecule has 0 aliphatic heterocycles. The molecule has 0 spiro atoms. The highest BCUT2D eigenvalue weighted by atomic mass is 16.5. The van der Waals surface area contributed by atoms with Crippen LogP contribution >= 0.6 is 0 Å². The lowest BCUT2D eigenvalue weighted by Gasteiger charge is -2.27. The van der Waals surface area contributed by atoms with Crippen molar-refractivity contribution in [1.82, 2.24) is 9.80 Å². The molecule has 0 aliphatic carbocycles. The smallest absolute Gasteiger partial charge is 0.254 e. The van der Waals surface area contributed by atoms with Gasteiger partial charge in [0.25, 0.3) is 5.91 Å². The molecule has 4 rings (SSSR count). The number of hydrogen-bond acceptors (Lipinski definition) is 6. The molecule has 4 aromatic rings. The zero-order valence-electron chi connectivity index (χ0n) is 23.3. The van der Waals surface area contributed by atoms with E-state index in [0.717, 1.165) is 16.3 Å². The molecule has 40 heavy (non-hydrogen) atoms. The lowest BCUT2D eigenvalue weighted by molar-refractivity contribution is -0.132. The van der Waals surface area contributed by atoms with Crippen LogP contribution in [-0.4, -0.2) is 69.2 Å². The molecule has 0 N–H and O–H groups in total. The van der Waals surface area contributed by atoms with Crippen molar-refractivity contribution in [3.05, 3.63) is 95.9 Å². The minimum absolute atomic E-state index is 0.0536. The number of methoxy groups -OCH3 is 3. The Bertz CT molecular complexity index is 1400. The minimum atomic E-state index is -0.187. The molecule has 0 unspecified atom stereocenters. The van der Waals surface area contributed by atoms with E-state index >= 15 is 0 Å². The van der Waals surface area contributed by atoms with Crippen molar-refractivity contribution in [2.45, 2.75) is 19.4 Å². The summed E-state index contributed by atoms with van der Waals surface area (Å²) in [5.41, 5.74) is 1.55. The SMILES string of the molecule is COCCCN(CC(=O)N(CCc1ccc(OC)c(OC)c1)Cc1ccco1)C(=O)c1ccc2ccccc2c1. The Labute approximate surface area is 235 Å². The standard InChI is InChI=1S/C32H36N2O6/c1-37-18-7-16-34(32(36)27-13-12-25-8-4-5-9-26(25)21-27)23-31(35)33(22-28-10-6-19-40-28)17-15-24-11-14-29(38-2)30(20-24)39-3/h4-6,8-14,19-21H,7,15-18,22-23H2,1-3H3. The molecular weight excluding hydrogens is 508 g/mol. The normalized spacial score (nSPS) is 10.9. The fourth-order valence-corrected chi connectivity index (χ4v) is 4.60. The van der Waals surface area contributed by atoms with Crippen LogP contribution in [-0.2, 0) is 22.5 Å². The Morgan fingerprint density at radius 3 is 2.33 bits per heavy atom. The summed E-state index contributed by atoms with van der Waals surface area (Å²) in [5, 5.41) is 2.03. The molecule has 1 heterocycles. The predicted octanol–water partition coefficient (Wildman–Crippen LogP) is 5.20. The fourth-order valence-electron chi connectivity index (χ4n) is 4.60. The number of ether oxygens (including phenoxy) is 3. The van der Waals surface area contributed by atoms with Gasteiger partial charge in [0.15, 0.2) is 11.5 Å². The van der Waals surface area contributed by atoms with Crippen molar-refractivity contribution in [3.8, 4) is 11.5 Å². The van der Waals surface area contributed by atoms with Crippen molar-refractivity contribution in [3.63, 3.8) is 0 Å². The van der Waals surface area contributed by atoms with E-state index in [-0.39, 0.29) is 18.4 Å². The Morgan fingerprint density at radius 2 is 1.60 bits per heavy atom. The zero-order chi connectivity index (χ0) is 28.3. The molecule has 2 amide bonds. The Kier molecular flexibility index (Phi) is 10.2. The van der Waals surface area contributed by atoms with Crippen LogP contribution in [0.4, 0.5) is 0 Å². The van der Waals surface area contributed by atoms with Crippen molar-refractivity contribution < 1.29 is 28.2 Å². The van der Waals surface area contributed by atoms with Crippen LogP contribution in [0.25, 0.3) is 10.8 Å². The number of furan rings is 1. The first-order chi connectivity index (χ1) is 19.5. The van der Waals surface area contributed by atoms with E-state index < -0.39 is 0 Å². The summed E-state index contributed by atoms with van der Waals surface area (Å²) in [6.45, 7) is 1.57. The number of amides is 2. The van der Waals surface area contributed by atoms with Crippen LogP contribution in [0.2, 0.25) is 0 Å². The van der Waals surface area contributed by atoms with Crippen LogP contribution in [0.1, 0.15) is 28.1 Å². The summed E-state index contributed by atoms with van der Waals surface area (Å²) in [7, 11) is 4.82. The van der Waals surface area contributed by atoms with Gasteiger partial charge < -0.3 is 28.4 Å². The van der Waals surface area contributed by atoms with E-state index in [1.54, 1.807) is 43.5 Å². The molecule has 3 aromatic carbocycles. The second-order valence-electron chi connectivity index (χ2n) is 9.47. The molecule has 8 heteroatoms. The average molecular weight is 545 g/mol. The van der Waals surface area contributed by atoms with Gasteiger partial charge in [-0.3, -0.25) is 9.59 Å². The quantitative estimate of drug-likeness (QED) is 0.203. The van der Waals surface area contributed by atoms with Gasteiger partial charge in [-0.25, -0.2) is 0 Å².